The van der Waals surface area contributed by atoms with Gasteiger partial charge in [0.25, 0.3) is 10.1 Å². The Labute approximate surface area is 173 Å². The van der Waals surface area contributed by atoms with Gasteiger partial charge in [0.1, 0.15) is 12.3 Å². The molecule has 0 aliphatic heterocycles. The van der Waals surface area contributed by atoms with E-state index in [-0.39, 0.29) is 0 Å². The number of likely N-dealkylation sites (N-methyl/N-ethyl adjacent to an activating group) is 1. The summed E-state index contributed by atoms with van der Waals surface area (Å²) in [7, 11) is -0.178. The number of rotatable bonds is 18. The zero-order valence-corrected chi connectivity index (χ0v) is 19.4. The Morgan fingerprint density at radius 2 is 1.32 bits per heavy atom. The van der Waals surface area contributed by atoms with Gasteiger partial charge in [-0.2, -0.15) is 8.42 Å². The highest BCUT2D eigenvalue weighted by atomic mass is 32.2. The standard InChI is InChI=1S/C21H43NO5S/c1-5-6-7-8-9-10-11-12-13-14-15-16-17-22(3,4)18-21(27-20(2)23)19-28(24,25)26/h21H,5-19H2,1-4H3/p+1. The molecule has 7 heteroatoms. The van der Waals surface area contributed by atoms with E-state index in [4.69, 9.17) is 9.29 Å². The molecule has 0 fully saturated rings. The van der Waals surface area contributed by atoms with Crippen LogP contribution in [-0.4, -0.2) is 62.5 Å². The molecule has 0 heterocycles. The predicted octanol–water partition coefficient (Wildman–Crippen LogP) is 4.58. The number of hydrogen-bond acceptors (Lipinski definition) is 4. The van der Waals surface area contributed by atoms with E-state index in [2.05, 4.69) is 6.92 Å². The van der Waals surface area contributed by atoms with Crippen molar-refractivity contribution in [3.05, 3.63) is 0 Å². The van der Waals surface area contributed by atoms with E-state index in [0.29, 0.717) is 11.0 Å². The largest absolute Gasteiger partial charge is 0.455 e. The lowest BCUT2D eigenvalue weighted by Crippen LogP contribution is -2.48. The molecule has 0 amide bonds. The Hall–Kier alpha value is -0.660. The van der Waals surface area contributed by atoms with Crippen LogP contribution in [0.3, 0.4) is 0 Å². The molecule has 0 saturated carbocycles. The fraction of sp³-hybridized carbons (Fsp3) is 0.952. The maximum absolute atomic E-state index is 11.2. The Morgan fingerprint density at radius 1 is 0.893 bits per heavy atom. The molecule has 0 aliphatic carbocycles. The van der Waals surface area contributed by atoms with Crippen LogP contribution in [0.25, 0.3) is 0 Å². The Bertz CT molecular complexity index is 505. The number of ether oxygens (including phenoxy) is 1. The highest BCUT2D eigenvalue weighted by molar-refractivity contribution is 7.85. The fourth-order valence-corrected chi connectivity index (χ4v) is 4.26. The SMILES string of the molecule is CCCCCCCCCCCCCC[N+](C)(C)CC(CS(=O)(=O)O)OC(C)=O. The summed E-state index contributed by atoms with van der Waals surface area (Å²) < 4.78 is 37.0. The van der Waals surface area contributed by atoms with Gasteiger partial charge in [0.15, 0.2) is 6.10 Å². The monoisotopic (exact) mass is 422 g/mol. The molecule has 28 heavy (non-hydrogen) atoms. The van der Waals surface area contributed by atoms with E-state index in [1.165, 1.54) is 71.1 Å². The minimum absolute atomic E-state index is 0.372. The van der Waals surface area contributed by atoms with Crippen LogP contribution < -0.4 is 0 Å². The molecule has 0 radical (unpaired) electrons. The van der Waals surface area contributed by atoms with Crippen molar-refractivity contribution in [1.29, 1.82) is 0 Å². The van der Waals surface area contributed by atoms with E-state index in [1.807, 2.05) is 14.1 Å². The lowest BCUT2D eigenvalue weighted by molar-refractivity contribution is -0.893. The zero-order valence-electron chi connectivity index (χ0n) is 18.6. The van der Waals surface area contributed by atoms with Crippen LogP contribution in [0.5, 0.6) is 0 Å². The van der Waals surface area contributed by atoms with Gasteiger partial charge in [0, 0.05) is 6.92 Å². The highest BCUT2D eigenvalue weighted by Gasteiger charge is 2.28. The van der Waals surface area contributed by atoms with Crippen molar-refractivity contribution < 1.29 is 27.0 Å². The fourth-order valence-electron chi connectivity index (χ4n) is 3.62. The number of esters is 1. The van der Waals surface area contributed by atoms with Crippen molar-refractivity contribution in [2.24, 2.45) is 0 Å². The second-order valence-corrected chi connectivity index (χ2v) is 10.2. The van der Waals surface area contributed by atoms with E-state index in [0.717, 1.165) is 19.4 Å². The first-order valence-corrected chi connectivity index (χ1v) is 12.6. The second kappa shape index (κ2) is 15.2. The molecule has 1 atom stereocenters. The minimum Gasteiger partial charge on any atom is -0.455 e. The summed E-state index contributed by atoms with van der Waals surface area (Å²) in [6, 6.07) is 0. The average Bonchev–Trinajstić information content (AvgIpc) is 2.53. The molecule has 0 aromatic carbocycles. The molecule has 0 rings (SSSR count). The number of unbranched alkanes of at least 4 members (excludes halogenated alkanes) is 11. The van der Waals surface area contributed by atoms with Gasteiger partial charge in [-0.05, 0) is 12.8 Å². The van der Waals surface area contributed by atoms with Crippen LogP contribution in [0.15, 0.2) is 0 Å². The predicted molar refractivity (Wildman–Crippen MR) is 115 cm³/mol. The van der Waals surface area contributed by atoms with Crippen LogP contribution in [0.1, 0.15) is 90.9 Å². The number of hydrogen-bond donors (Lipinski definition) is 1. The lowest BCUT2D eigenvalue weighted by atomic mass is 10.1. The van der Waals surface area contributed by atoms with Crippen molar-refractivity contribution in [3.63, 3.8) is 0 Å². The Kier molecular flexibility index (Phi) is 14.9. The van der Waals surface area contributed by atoms with Crippen molar-refractivity contribution in [3.8, 4) is 0 Å². The smallest absolute Gasteiger partial charge is 0.303 e. The first-order chi connectivity index (χ1) is 13.1. The maximum Gasteiger partial charge on any atom is 0.303 e. The van der Waals surface area contributed by atoms with Crippen molar-refractivity contribution in [1.82, 2.24) is 0 Å². The molecule has 0 aliphatic rings. The van der Waals surface area contributed by atoms with E-state index < -0.39 is 27.9 Å². The Balaban J connectivity index is 3.89. The number of nitrogens with zero attached hydrogens (tertiary/aromatic N) is 1. The first-order valence-electron chi connectivity index (χ1n) is 11.0. The lowest BCUT2D eigenvalue weighted by Gasteiger charge is -2.32. The van der Waals surface area contributed by atoms with Crippen LogP contribution in [0, 0.1) is 0 Å². The Morgan fingerprint density at radius 3 is 1.71 bits per heavy atom. The van der Waals surface area contributed by atoms with Gasteiger partial charge in [0.2, 0.25) is 0 Å². The maximum atomic E-state index is 11.2. The third-order valence-corrected chi connectivity index (χ3v) is 5.84. The normalized spacial score (nSPS) is 13.5. The second-order valence-electron chi connectivity index (χ2n) is 8.71. The summed E-state index contributed by atoms with van der Waals surface area (Å²) in [4.78, 5) is 11.2. The third kappa shape index (κ3) is 18.7. The van der Waals surface area contributed by atoms with Gasteiger partial charge < -0.3 is 9.22 Å². The van der Waals surface area contributed by atoms with Crippen LogP contribution in [0.4, 0.5) is 0 Å². The average molecular weight is 423 g/mol. The topological polar surface area (TPSA) is 80.7 Å². The molecule has 0 spiro atoms. The molecule has 0 bridgehead atoms. The summed E-state index contributed by atoms with van der Waals surface area (Å²) in [5.74, 6) is -1.08. The van der Waals surface area contributed by atoms with Gasteiger partial charge in [-0.25, -0.2) is 0 Å². The highest BCUT2D eigenvalue weighted by Crippen LogP contribution is 2.13. The summed E-state index contributed by atoms with van der Waals surface area (Å²) in [6.45, 7) is 4.76. The molecule has 0 aromatic heterocycles. The zero-order chi connectivity index (χ0) is 21.5. The molecule has 0 saturated heterocycles. The van der Waals surface area contributed by atoms with E-state index in [9.17, 15) is 13.2 Å². The molecule has 1 unspecified atom stereocenters. The number of quaternary nitrogens is 1. The minimum atomic E-state index is -4.18. The molecular formula is C21H44NO5S+. The van der Waals surface area contributed by atoms with Crippen molar-refractivity contribution >= 4 is 16.1 Å². The van der Waals surface area contributed by atoms with Gasteiger partial charge in [0.05, 0.1) is 20.6 Å². The van der Waals surface area contributed by atoms with E-state index >= 15 is 0 Å². The van der Waals surface area contributed by atoms with Crippen LogP contribution in [-0.2, 0) is 19.6 Å². The van der Waals surface area contributed by atoms with Crippen LogP contribution in [0.2, 0.25) is 0 Å². The molecule has 6 nitrogen and oxygen atoms in total. The first kappa shape index (κ1) is 27.3. The van der Waals surface area contributed by atoms with E-state index in [1.54, 1.807) is 0 Å². The van der Waals surface area contributed by atoms with Crippen molar-refractivity contribution in [2.75, 3.05) is 32.9 Å². The molecule has 1 N–H and O–H groups in total. The molecule has 0 aromatic rings. The number of carbonyl (C=O) groups excluding carboxylic acids is 1. The van der Waals surface area contributed by atoms with Gasteiger partial charge >= 0.3 is 5.97 Å². The summed E-state index contributed by atoms with van der Waals surface area (Å²) in [5.41, 5.74) is 0. The molecule has 168 valence electrons. The quantitative estimate of drug-likeness (QED) is 0.151. The number of carbonyl (C=O) groups is 1. The van der Waals surface area contributed by atoms with Gasteiger partial charge in [-0.1, -0.05) is 71.1 Å². The van der Waals surface area contributed by atoms with Crippen LogP contribution >= 0.6 is 0 Å². The summed E-state index contributed by atoms with van der Waals surface area (Å²) in [5, 5.41) is 0. The van der Waals surface area contributed by atoms with Gasteiger partial charge in [-0.15, -0.1) is 0 Å². The van der Waals surface area contributed by atoms with Gasteiger partial charge in [-0.3, -0.25) is 9.35 Å². The third-order valence-electron chi connectivity index (χ3n) is 5.04. The molecular weight excluding hydrogens is 378 g/mol. The summed E-state index contributed by atoms with van der Waals surface area (Å²) in [6.07, 6.45) is 14.7. The summed E-state index contributed by atoms with van der Waals surface area (Å²) >= 11 is 0. The van der Waals surface area contributed by atoms with Crippen molar-refractivity contribution in [2.45, 2.75) is 97.0 Å².